The molecule has 0 bridgehead atoms. The van der Waals surface area contributed by atoms with E-state index in [0.717, 1.165) is 28.8 Å². The maximum atomic E-state index is 11.9. The molecular weight excluding hydrogens is 310 g/mol. The van der Waals surface area contributed by atoms with Crippen LogP contribution < -0.4 is 21.1 Å². The Balaban J connectivity index is 1.46. The van der Waals surface area contributed by atoms with E-state index in [1.807, 2.05) is 12.4 Å². The first-order valence-corrected chi connectivity index (χ1v) is 8.72. The van der Waals surface area contributed by atoms with Crippen LogP contribution in [0.5, 0.6) is 0 Å². The summed E-state index contributed by atoms with van der Waals surface area (Å²) in [6.45, 7) is 0. The van der Waals surface area contributed by atoms with E-state index in [4.69, 9.17) is 0 Å². The number of carbonyl (C=O) groups is 1. The minimum atomic E-state index is -0.123. The van der Waals surface area contributed by atoms with Gasteiger partial charge in [-0.05, 0) is 70.1 Å². The topological polar surface area (TPSA) is 56.9 Å². The van der Waals surface area contributed by atoms with Crippen molar-refractivity contribution in [3.05, 3.63) is 59.1 Å². The third kappa shape index (κ3) is 2.70. The van der Waals surface area contributed by atoms with Crippen molar-refractivity contribution >= 4 is 29.1 Å². The lowest BCUT2D eigenvalue weighted by molar-refractivity contribution is -0.122. The second-order valence-corrected chi connectivity index (χ2v) is 6.86. The monoisotopic (exact) mass is 329 g/mol. The lowest BCUT2D eigenvalue weighted by atomic mass is 10.0. The van der Waals surface area contributed by atoms with Gasteiger partial charge in [0.05, 0.1) is 0 Å². The molecule has 2 heterocycles. The van der Waals surface area contributed by atoms with Crippen LogP contribution in [0, 0.1) is 5.92 Å². The summed E-state index contributed by atoms with van der Waals surface area (Å²) in [7, 11) is 0. The normalized spacial score (nSPS) is 18.6. The summed E-state index contributed by atoms with van der Waals surface area (Å²) in [5.41, 5.74) is 3.54. The van der Waals surface area contributed by atoms with Crippen molar-refractivity contribution in [2.24, 2.45) is 5.92 Å². The minimum absolute atomic E-state index is 0.123. The molecule has 124 valence electrons. The van der Waals surface area contributed by atoms with E-state index in [1.54, 1.807) is 0 Å². The number of aromatic nitrogens is 1. The van der Waals surface area contributed by atoms with Gasteiger partial charge in [-0.1, -0.05) is 18.2 Å². The number of carbonyl (C=O) groups excluding carboxylic acids is 1. The van der Waals surface area contributed by atoms with Crippen molar-refractivity contribution in [3.8, 4) is 11.1 Å². The summed E-state index contributed by atoms with van der Waals surface area (Å²) in [5, 5.41) is 9.82. The van der Waals surface area contributed by atoms with Gasteiger partial charge in [0.15, 0.2) is 0 Å². The van der Waals surface area contributed by atoms with E-state index in [2.05, 4.69) is 64.2 Å². The van der Waals surface area contributed by atoms with Gasteiger partial charge < -0.3 is 15.6 Å². The van der Waals surface area contributed by atoms with Crippen LogP contribution in [-0.4, -0.2) is 17.1 Å². The molecule has 3 aromatic rings. The van der Waals surface area contributed by atoms with E-state index in [-0.39, 0.29) is 18.0 Å². The number of hydrogen-bond acceptors (Lipinski definition) is 2. The SMILES string of the molecule is O=C(NC1C=c2ccc(-c3ccc4[nH]ccc4c3)cc2=CN1)C1CC1. The van der Waals surface area contributed by atoms with E-state index in [9.17, 15) is 4.79 Å². The number of fused-ring (bicyclic) bond motifs is 2. The fourth-order valence-electron chi connectivity index (χ4n) is 3.37. The van der Waals surface area contributed by atoms with Gasteiger partial charge in [0.1, 0.15) is 6.17 Å². The zero-order chi connectivity index (χ0) is 16.8. The number of benzene rings is 2. The largest absolute Gasteiger partial charge is 0.368 e. The summed E-state index contributed by atoms with van der Waals surface area (Å²) in [6, 6.07) is 15.0. The van der Waals surface area contributed by atoms with Gasteiger partial charge in [-0.2, -0.15) is 0 Å². The highest BCUT2D eigenvalue weighted by Crippen LogP contribution is 2.28. The quantitative estimate of drug-likeness (QED) is 0.686. The lowest BCUT2D eigenvalue weighted by Crippen LogP contribution is -2.48. The van der Waals surface area contributed by atoms with Crippen molar-refractivity contribution < 1.29 is 4.79 Å². The molecule has 1 amide bonds. The van der Waals surface area contributed by atoms with E-state index >= 15 is 0 Å². The first-order valence-electron chi connectivity index (χ1n) is 8.72. The molecule has 5 rings (SSSR count). The predicted molar refractivity (Wildman–Crippen MR) is 99.7 cm³/mol. The highest BCUT2D eigenvalue weighted by atomic mass is 16.2. The van der Waals surface area contributed by atoms with Crippen LogP contribution in [-0.2, 0) is 4.79 Å². The Morgan fingerprint density at radius 2 is 1.84 bits per heavy atom. The molecule has 2 aromatic carbocycles. The Labute approximate surface area is 145 Å². The van der Waals surface area contributed by atoms with Crippen molar-refractivity contribution in [1.29, 1.82) is 0 Å². The molecule has 1 unspecified atom stereocenters. The van der Waals surface area contributed by atoms with Crippen molar-refractivity contribution in [1.82, 2.24) is 15.6 Å². The van der Waals surface area contributed by atoms with Gasteiger partial charge in [-0.3, -0.25) is 4.79 Å². The number of hydrogen-bond donors (Lipinski definition) is 3. The van der Waals surface area contributed by atoms with Crippen LogP contribution in [0.2, 0.25) is 0 Å². The molecule has 1 aromatic heterocycles. The average Bonchev–Trinajstić information content (AvgIpc) is 3.39. The number of amides is 1. The van der Waals surface area contributed by atoms with Crippen LogP contribution >= 0.6 is 0 Å². The third-order valence-electron chi connectivity index (χ3n) is 4.98. The molecule has 1 fully saturated rings. The Morgan fingerprint density at radius 1 is 1.00 bits per heavy atom. The third-order valence-corrected chi connectivity index (χ3v) is 4.98. The van der Waals surface area contributed by atoms with Gasteiger partial charge in [0, 0.05) is 23.8 Å². The van der Waals surface area contributed by atoms with E-state index in [1.165, 1.54) is 16.5 Å². The van der Waals surface area contributed by atoms with Crippen LogP contribution in [0.4, 0.5) is 0 Å². The first kappa shape index (κ1) is 14.3. The second-order valence-electron chi connectivity index (χ2n) is 6.86. The molecule has 0 radical (unpaired) electrons. The number of rotatable bonds is 3. The molecular formula is C21H19N3O. The maximum Gasteiger partial charge on any atom is 0.224 e. The molecule has 2 aliphatic rings. The Kier molecular flexibility index (Phi) is 3.17. The van der Waals surface area contributed by atoms with Gasteiger partial charge >= 0.3 is 0 Å². The van der Waals surface area contributed by atoms with Crippen molar-refractivity contribution in [2.75, 3.05) is 0 Å². The molecule has 1 saturated carbocycles. The molecule has 4 nitrogen and oxygen atoms in total. The van der Waals surface area contributed by atoms with E-state index < -0.39 is 0 Å². The van der Waals surface area contributed by atoms with Crippen molar-refractivity contribution in [3.63, 3.8) is 0 Å². The zero-order valence-corrected chi connectivity index (χ0v) is 13.8. The number of nitrogens with one attached hydrogen (secondary N) is 3. The van der Waals surface area contributed by atoms with Crippen molar-refractivity contribution in [2.45, 2.75) is 19.0 Å². The summed E-state index contributed by atoms with van der Waals surface area (Å²) in [5.74, 6) is 0.379. The molecule has 1 atom stereocenters. The van der Waals surface area contributed by atoms with Crippen LogP contribution in [0.15, 0.2) is 48.7 Å². The standard InChI is InChI=1S/C21H19N3O/c25-21(13-1-2-13)24-20-11-16-4-3-14(10-18(16)12-23-20)15-5-6-19-17(9-15)7-8-22-19/h3-13,20,22-23H,1-2H2,(H,24,25). The summed E-state index contributed by atoms with van der Waals surface area (Å²) < 4.78 is 0. The Bertz CT molecular complexity index is 1090. The second kappa shape index (κ2) is 5.52. The lowest BCUT2D eigenvalue weighted by Gasteiger charge is -2.18. The van der Waals surface area contributed by atoms with Gasteiger partial charge in [0.2, 0.25) is 5.91 Å². The first-order chi connectivity index (χ1) is 12.3. The molecule has 25 heavy (non-hydrogen) atoms. The molecule has 0 spiro atoms. The Hall–Kier alpha value is -3.01. The minimum Gasteiger partial charge on any atom is -0.368 e. The van der Waals surface area contributed by atoms with Crippen LogP contribution in [0.1, 0.15) is 12.8 Å². The van der Waals surface area contributed by atoms with Gasteiger partial charge in [-0.25, -0.2) is 0 Å². The highest BCUT2D eigenvalue weighted by molar-refractivity contribution is 5.85. The molecule has 1 aliphatic carbocycles. The fourth-order valence-corrected chi connectivity index (χ4v) is 3.37. The molecule has 3 N–H and O–H groups in total. The Morgan fingerprint density at radius 3 is 2.72 bits per heavy atom. The maximum absolute atomic E-state index is 11.9. The number of H-pyrrole nitrogens is 1. The average molecular weight is 329 g/mol. The van der Waals surface area contributed by atoms with E-state index in [0.29, 0.717) is 0 Å². The fraction of sp³-hybridized carbons (Fsp3) is 0.190. The highest BCUT2D eigenvalue weighted by Gasteiger charge is 2.30. The molecule has 0 saturated heterocycles. The smallest absolute Gasteiger partial charge is 0.224 e. The number of aromatic amines is 1. The molecule has 4 heteroatoms. The summed E-state index contributed by atoms with van der Waals surface area (Å²) >= 11 is 0. The van der Waals surface area contributed by atoms with Gasteiger partial charge in [-0.15, -0.1) is 0 Å². The summed E-state index contributed by atoms with van der Waals surface area (Å²) in [6.07, 6.45) is 7.95. The van der Waals surface area contributed by atoms with Crippen LogP contribution in [0.25, 0.3) is 34.3 Å². The predicted octanol–water partition coefficient (Wildman–Crippen LogP) is 1.81. The zero-order valence-electron chi connectivity index (χ0n) is 13.8. The van der Waals surface area contributed by atoms with Crippen LogP contribution in [0.3, 0.4) is 0 Å². The van der Waals surface area contributed by atoms with Gasteiger partial charge in [0.25, 0.3) is 0 Å². The molecule has 1 aliphatic heterocycles. The summed E-state index contributed by atoms with van der Waals surface area (Å²) in [4.78, 5) is 15.1.